The van der Waals surface area contributed by atoms with Crippen LogP contribution in [-0.2, 0) is 40.1 Å². The van der Waals surface area contributed by atoms with Crippen LogP contribution >= 0.6 is 21.6 Å². The molecule has 22 heteroatoms. The summed E-state index contributed by atoms with van der Waals surface area (Å²) in [5.41, 5.74) is 7.01. The molecule has 3 N–H and O–H groups in total. The largest absolute Gasteiger partial charge is 0.494 e. The quantitative estimate of drug-likeness (QED) is 0.0524. The van der Waals surface area contributed by atoms with Crippen molar-refractivity contribution in [2.24, 2.45) is 11.0 Å². The van der Waals surface area contributed by atoms with E-state index in [0.29, 0.717) is 85.8 Å². The third kappa shape index (κ3) is 14.5. The van der Waals surface area contributed by atoms with Crippen molar-refractivity contribution in [3.63, 3.8) is 0 Å². The molecule has 5 heterocycles. The molecule has 0 radical (unpaired) electrons. The first kappa shape index (κ1) is 54.0. The maximum atomic E-state index is 15.0. The van der Waals surface area contributed by atoms with Crippen LogP contribution in [0.1, 0.15) is 101 Å². The van der Waals surface area contributed by atoms with Crippen molar-refractivity contribution in [3.05, 3.63) is 83.4 Å². The number of piperazine rings is 1. The number of nitrogens with one attached hydrogen (secondary N) is 3. The van der Waals surface area contributed by atoms with Gasteiger partial charge < -0.3 is 34.9 Å². The number of anilines is 2. The zero-order valence-corrected chi connectivity index (χ0v) is 43.8. The second-order valence-corrected chi connectivity index (χ2v) is 23.0. The van der Waals surface area contributed by atoms with E-state index in [-0.39, 0.29) is 74.4 Å². The number of carbonyl (C=O) groups excluding carboxylic acids is 7. The molecule has 2 unspecified atom stereocenters. The van der Waals surface area contributed by atoms with E-state index in [1.807, 2.05) is 56.1 Å². The number of nitrogens with zero attached hydrogens (tertiary/aromatic N) is 7. The fraction of sp³-hybridized carbons (Fsp3) is 0.519. The zero-order valence-electron chi connectivity index (χ0n) is 42.1. The Morgan fingerprint density at radius 1 is 0.905 bits per heavy atom. The molecule has 1 saturated carbocycles. The van der Waals surface area contributed by atoms with E-state index in [9.17, 15) is 33.6 Å². The minimum absolute atomic E-state index is 0.0193. The number of urea groups is 1. The summed E-state index contributed by atoms with van der Waals surface area (Å²) in [6.45, 7) is 8.95. The Balaban J connectivity index is 0.673. The van der Waals surface area contributed by atoms with Gasteiger partial charge in [0, 0.05) is 155 Å². The molecule has 0 bridgehead atoms. The lowest BCUT2D eigenvalue weighted by molar-refractivity contribution is -0.197. The lowest BCUT2D eigenvalue weighted by atomic mass is 10.00. The molecule has 2 atom stereocenters. The third-order valence-corrected chi connectivity index (χ3v) is 17.2. The number of pyridine rings is 1. The lowest BCUT2D eigenvalue weighted by Gasteiger charge is -2.42. The van der Waals surface area contributed by atoms with Gasteiger partial charge in [0.2, 0.25) is 17.7 Å². The number of carbonyl (C=O) groups is 7. The summed E-state index contributed by atoms with van der Waals surface area (Å²) in [4.78, 5) is 105. The van der Waals surface area contributed by atoms with E-state index in [2.05, 4.69) is 35.9 Å². The highest BCUT2D eigenvalue weighted by molar-refractivity contribution is 8.77. The van der Waals surface area contributed by atoms with Crippen molar-refractivity contribution in [1.82, 2.24) is 35.5 Å². The predicted octanol–water partition coefficient (Wildman–Crippen LogP) is 5.85. The third-order valence-electron chi connectivity index (χ3n) is 13.9. The van der Waals surface area contributed by atoms with E-state index in [4.69, 9.17) is 9.57 Å². The monoisotopic (exact) mass is 1060 g/mol. The highest BCUT2D eigenvalue weighted by atomic mass is 33.1. The average molecular weight is 1060 g/mol. The number of piperidine rings is 1. The van der Waals surface area contributed by atoms with Crippen molar-refractivity contribution in [2.75, 3.05) is 75.4 Å². The van der Waals surface area contributed by atoms with E-state index in [0.717, 1.165) is 54.9 Å². The van der Waals surface area contributed by atoms with Crippen molar-refractivity contribution in [2.45, 2.75) is 101 Å². The first-order valence-electron chi connectivity index (χ1n) is 25.4. The number of rotatable bonds is 20. The minimum atomic E-state index is -0.675. The van der Waals surface area contributed by atoms with Gasteiger partial charge in [-0.1, -0.05) is 33.7 Å². The van der Waals surface area contributed by atoms with Gasteiger partial charge in [-0.2, -0.15) is 5.10 Å². The second-order valence-electron chi connectivity index (χ2n) is 19.9. The number of fused-ring (bicyclic) bond motifs is 1. The number of hydrazone groups is 1. The van der Waals surface area contributed by atoms with Gasteiger partial charge in [0.05, 0.1) is 18.7 Å². The Labute approximate surface area is 438 Å². The molecule has 3 aromatic rings. The summed E-state index contributed by atoms with van der Waals surface area (Å²) >= 11 is 0. The van der Waals surface area contributed by atoms with Gasteiger partial charge in [0.25, 0.3) is 11.8 Å². The topological polar surface area (TPSA) is 215 Å². The van der Waals surface area contributed by atoms with Crippen LogP contribution in [0.3, 0.4) is 0 Å². The summed E-state index contributed by atoms with van der Waals surface area (Å²) in [6, 6.07) is 14.0. The van der Waals surface area contributed by atoms with Crippen molar-refractivity contribution >= 4 is 80.2 Å². The molecule has 4 aliphatic heterocycles. The molecule has 19 nitrogen and oxygen atoms in total. The molecule has 396 valence electrons. The molecule has 0 spiro atoms. The number of amides is 7. The highest BCUT2D eigenvalue weighted by Crippen LogP contribution is 2.47. The molecular weight excluding hydrogens is 992 g/mol. The Bertz CT molecular complexity index is 2580. The summed E-state index contributed by atoms with van der Waals surface area (Å²) in [6.07, 6.45) is 7.48. The van der Waals surface area contributed by atoms with Crippen LogP contribution in [0.2, 0.25) is 0 Å². The lowest BCUT2D eigenvalue weighted by Crippen LogP contribution is -2.55. The van der Waals surface area contributed by atoms with Gasteiger partial charge in [0.1, 0.15) is 11.6 Å². The fourth-order valence-electron chi connectivity index (χ4n) is 9.60. The molecule has 1 aliphatic carbocycles. The molecule has 8 rings (SSSR count). The number of likely N-dealkylation sites (tertiary alicyclic amines) is 1. The molecule has 2 aromatic carbocycles. The van der Waals surface area contributed by atoms with Gasteiger partial charge >= 0.3 is 12.0 Å². The summed E-state index contributed by atoms with van der Waals surface area (Å²) in [5.74, 6) is -1.27. The number of imide groups is 1. The molecule has 3 saturated heterocycles. The molecule has 1 aromatic heterocycles. The van der Waals surface area contributed by atoms with E-state index < -0.39 is 28.3 Å². The number of ether oxygens (including phenoxy) is 1. The number of hydrogen-bond acceptors (Lipinski definition) is 15. The van der Waals surface area contributed by atoms with E-state index in [1.54, 1.807) is 51.0 Å². The first-order chi connectivity index (χ1) is 35.6. The van der Waals surface area contributed by atoms with E-state index in [1.165, 1.54) is 6.07 Å². The summed E-state index contributed by atoms with van der Waals surface area (Å²) < 4.78 is 20.5. The normalized spacial score (nSPS) is 19.8. The van der Waals surface area contributed by atoms with Crippen LogP contribution in [0.4, 0.5) is 20.6 Å². The van der Waals surface area contributed by atoms with Crippen LogP contribution in [0.25, 0.3) is 0 Å². The van der Waals surface area contributed by atoms with Crippen LogP contribution in [-0.4, -0.2) is 148 Å². The SMILES string of the molecule is CN1CC/C(=N\NC(=O)CC(C)(C)SSCCC(=O)N2CCN(C3CCN(C(=O)NCc4ccc(NC(=O)C5CC5c5cccnc5)cc4F)CC3)CC2)c2ccc(OCCCC(=O)ON3C(=O)CCC3=O)cc21. The maximum Gasteiger partial charge on any atom is 0.333 e. The standard InChI is InChI=1S/C52H65FN10O9S2/c1-52(2,31-45(64)58-57-43-16-19-59(3)44-29-38(10-11-39(43)44)71-26-5-7-49(68)72-63-47(66)12-13-48(63)67)74-73-27-17-46(65)61-24-22-60(23-25-61)37-14-20-62(21-15-37)51(70)55-33-35-8-9-36(28-42(35)53)56-50(69)41-30-40(41)34-6-4-18-54-32-34/h4,6,8-11,18,28-29,32,37,40-41H,5,7,12-17,19-27,30-31,33H2,1-3H3,(H,55,70)(H,56,69)(H,58,64)/b57-43+. The number of hydroxylamine groups is 2. The Morgan fingerprint density at radius 3 is 2.41 bits per heavy atom. The van der Waals surface area contributed by atoms with Crippen molar-refractivity contribution < 1.29 is 47.5 Å². The highest BCUT2D eigenvalue weighted by Gasteiger charge is 2.44. The van der Waals surface area contributed by atoms with Crippen molar-refractivity contribution in [3.8, 4) is 5.75 Å². The Morgan fingerprint density at radius 2 is 1.68 bits per heavy atom. The van der Waals surface area contributed by atoms with Crippen LogP contribution in [0.15, 0.2) is 66.0 Å². The molecule has 4 fully saturated rings. The van der Waals surface area contributed by atoms with Crippen LogP contribution in [0, 0.1) is 11.7 Å². The van der Waals surface area contributed by atoms with Gasteiger partial charge in [-0.3, -0.25) is 33.9 Å². The van der Waals surface area contributed by atoms with Crippen molar-refractivity contribution in [1.29, 1.82) is 0 Å². The second kappa shape index (κ2) is 24.8. The number of hydrogen-bond donors (Lipinski definition) is 3. The maximum absolute atomic E-state index is 15.0. The molecule has 7 amide bonds. The van der Waals surface area contributed by atoms with Gasteiger partial charge in [-0.25, -0.2) is 19.4 Å². The molecular formula is C52H65FN10O9S2. The summed E-state index contributed by atoms with van der Waals surface area (Å²) in [5, 5.41) is 10.7. The number of aromatic nitrogens is 1. The number of halogens is 1. The Hall–Kier alpha value is -6.26. The zero-order chi connectivity index (χ0) is 52.4. The van der Waals surface area contributed by atoms with Gasteiger partial charge in [-0.15, -0.1) is 5.06 Å². The smallest absolute Gasteiger partial charge is 0.333 e. The summed E-state index contributed by atoms with van der Waals surface area (Å²) in [7, 11) is 5.13. The Kier molecular flexibility index (Phi) is 18.1. The predicted molar refractivity (Wildman–Crippen MR) is 279 cm³/mol. The van der Waals surface area contributed by atoms with Gasteiger partial charge in [-0.05, 0) is 81.3 Å². The first-order valence-corrected chi connectivity index (χ1v) is 27.7. The average Bonchev–Trinajstić information content (AvgIpc) is 4.15. The van der Waals surface area contributed by atoms with Gasteiger partial charge in [0.15, 0.2) is 0 Å². The fourth-order valence-corrected chi connectivity index (χ4v) is 12.1. The number of benzene rings is 2. The van der Waals surface area contributed by atoms with Crippen LogP contribution < -0.4 is 25.7 Å². The minimum Gasteiger partial charge on any atom is -0.494 e. The van der Waals surface area contributed by atoms with E-state index >= 15 is 4.39 Å². The van der Waals surface area contributed by atoms with Crippen LogP contribution in [0.5, 0.6) is 5.75 Å². The molecule has 74 heavy (non-hydrogen) atoms. The molecule has 5 aliphatic rings.